The Morgan fingerprint density at radius 1 is 0.303 bits per heavy atom. The third kappa shape index (κ3) is 33.6. The van der Waals surface area contributed by atoms with Gasteiger partial charge in [0, 0.05) is 0 Å². The molecule has 386 valence electrons. The summed E-state index contributed by atoms with van der Waals surface area (Å²) in [5.41, 5.74) is 0.783. The number of ether oxygens (including phenoxy) is 2. The second kappa shape index (κ2) is 46.9. The van der Waals surface area contributed by atoms with Crippen LogP contribution in [0.15, 0.2) is 24.3 Å². The lowest BCUT2D eigenvalue weighted by Gasteiger charge is -2.29. The number of esters is 2. The van der Waals surface area contributed by atoms with E-state index >= 15 is 0 Å². The van der Waals surface area contributed by atoms with E-state index in [1.807, 2.05) is 24.3 Å². The first kappa shape index (κ1) is 62.2. The van der Waals surface area contributed by atoms with Crippen LogP contribution in [0.25, 0.3) is 0 Å². The van der Waals surface area contributed by atoms with Crippen LogP contribution >= 0.6 is 0 Å². The zero-order valence-electron chi connectivity index (χ0n) is 45.4. The average Bonchev–Trinajstić information content (AvgIpc) is 3.33. The van der Waals surface area contributed by atoms with Crippen molar-refractivity contribution in [2.75, 3.05) is 0 Å². The summed E-state index contributed by atoms with van der Waals surface area (Å²) in [6.07, 6.45) is 54.3. The van der Waals surface area contributed by atoms with Crippen molar-refractivity contribution in [2.24, 2.45) is 11.8 Å². The first-order chi connectivity index (χ1) is 32.5. The Bertz CT molecular complexity index is 1070. The third-order valence-corrected chi connectivity index (χ3v) is 14.8. The van der Waals surface area contributed by atoms with Crippen LogP contribution in [0.3, 0.4) is 0 Å². The maximum Gasteiger partial charge on any atom is 0.339 e. The van der Waals surface area contributed by atoms with Gasteiger partial charge in [0.2, 0.25) is 0 Å². The van der Waals surface area contributed by atoms with E-state index in [4.69, 9.17) is 9.47 Å². The van der Waals surface area contributed by atoms with Crippen LogP contribution in [0, 0.1) is 11.8 Å². The number of carbonyl (C=O) groups is 2. The summed E-state index contributed by atoms with van der Waals surface area (Å²) in [7, 11) is 0. The van der Waals surface area contributed by atoms with Crippen LogP contribution in [0.1, 0.15) is 345 Å². The summed E-state index contributed by atoms with van der Waals surface area (Å²) in [4.78, 5) is 29.2. The molecule has 0 fully saturated rings. The van der Waals surface area contributed by atoms with Crippen molar-refractivity contribution >= 4 is 11.9 Å². The summed E-state index contributed by atoms with van der Waals surface area (Å²) in [5.74, 6) is 0.0690. The van der Waals surface area contributed by atoms with Crippen LogP contribution in [-0.4, -0.2) is 24.1 Å². The Balaban J connectivity index is 3.39. The molecule has 0 aromatic heterocycles. The smallest absolute Gasteiger partial charge is 0.339 e. The molecule has 1 aromatic rings. The highest BCUT2D eigenvalue weighted by Gasteiger charge is 2.30. The number of hydrogen-bond donors (Lipinski definition) is 0. The average molecular weight is 924 g/mol. The molecule has 0 saturated heterocycles. The van der Waals surface area contributed by atoms with Gasteiger partial charge >= 0.3 is 11.9 Å². The lowest BCUT2D eigenvalue weighted by Crippen LogP contribution is -2.30. The van der Waals surface area contributed by atoms with Gasteiger partial charge in [-0.2, -0.15) is 0 Å². The minimum Gasteiger partial charge on any atom is -0.458 e. The SMILES string of the molecule is CCCCCCCCCC(OC(=O)c1ccccc1C(=O)OC(CCCCCCCCC)C(CCCCCCCC)CCCCCCCC)C(CCCCCCCC)CCCCCCCC. The van der Waals surface area contributed by atoms with Crippen LogP contribution in [0.2, 0.25) is 0 Å². The molecule has 0 N–H and O–H groups in total. The van der Waals surface area contributed by atoms with Gasteiger partial charge in [0.1, 0.15) is 12.2 Å². The van der Waals surface area contributed by atoms with E-state index in [-0.39, 0.29) is 24.1 Å². The van der Waals surface area contributed by atoms with Crippen molar-refractivity contribution in [3.05, 3.63) is 35.4 Å². The Labute approximate surface area is 412 Å². The number of unbranched alkanes of at least 4 members (excludes halogenated alkanes) is 32. The molecule has 0 aliphatic heterocycles. The summed E-state index contributed by atoms with van der Waals surface area (Å²) in [5, 5.41) is 0. The Kier molecular flexibility index (Phi) is 44.2. The van der Waals surface area contributed by atoms with Crippen molar-refractivity contribution in [2.45, 2.75) is 336 Å². The minimum absolute atomic E-state index is 0.118. The van der Waals surface area contributed by atoms with E-state index < -0.39 is 0 Å². The van der Waals surface area contributed by atoms with Gasteiger partial charge in [0.15, 0.2) is 0 Å². The highest BCUT2D eigenvalue weighted by molar-refractivity contribution is 6.03. The van der Waals surface area contributed by atoms with E-state index in [0.29, 0.717) is 23.0 Å². The molecule has 4 heteroatoms. The van der Waals surface area contributed by atoms with Gasteiger partial charge < -0.3 is 9.47 Å². The lowest BCUT2D eigenvalue weighted by molar-refractivity contribution is 0.00212. The zero-order valence-corrected chi connectivity index (χ0v) is 45.4. The van der Waals surface area contributed by atoms with Crippen LogP contribution < -0.4 is 0 Å². The molecule has 0 saturated carbocycles. The molecule has 0 aliphatic rings. The highest BCUT2D eigenvalue weighted by atomic mass is 16.6. The summed E-state index contributed by atoms with van der Waals surface area (Å²) in [6.45, 7) is 13.7. The second-order valence-corrected chi connectivity index (χ2v) is 21.0. The lowest BCUT2D eigenvalue weighted by atomic mass is 9.86. The van der Waals surface area contributed by atoms with E-state index in [0.717, 1.165) is 51.4 Å². The van der Waals surface area contributed by atoms with Crippen molar-refractivity contribution in [1.82, 2.24) is 0 Å². The predicted molar refractivity (Wildman–Crippen MR) is 289 cm³/mol. The zero-order chi connectivity index (χ0) is 48.0. The Morgan fingerprint density at radius 2 is 0.500 bits per heavy atom. The molecule has 4 nitrogen and oxygen atoms in total. The van der Waals surface area contributed by atoms with Gasteiger partial charge in [0.05, 0.1) is 11.1 Å². The third-order valence-electron chi connectivity index (χ3n) is 14.8. The molecule has 0 bridgehead atoms. The minimum atomic E-state index is -0.328. The van der Waals surface area contributed by atoms with Crippen molar-refractivity contribution in [1.29, 1.82) is 0 Å². The molecule has 0 radical (unpaired) electrons. The quantitative estimate of drug-likeness (QED) is 0.0483. The van der Waals surface area contributed by atoms with Gasteiger partial charge in [-0.25, -0.2) is 9.59 Å². The molecule has 1 aromatic carbocycles. The highest BCUT2D eigenvalue weighted by Crippen LogP contribution is 2.31. The number of hydrogen-bond acceptors (Lipinski definition) is 4. The Hall–Kier alpha value is -1.84. The van der Waals surface area contributed by atoms with E-state index in [2.05, 4.69) is 41.5 Å². The standard InChI is InChI=1S/C62H114O4/c1-7-13-19-25-31-37-43-53-59(55(47-39-33-27-21-15-9-3)48-40-34-28-22-16-10-4)65-61(63)57-51-45-46-52-58(57)62(64)66-60(54-44-38-32-26-20-14-8-2)56(49-41-35-29-23-17-11-5)50-42-36-30-24-18-12-6/h45-46,51-52,55-56,59-60H,7-44,47-50,53-54H2,1-6H3. The van der Waals surface area contributed by atoms with Crippen molar-refractivity contribution < 1.29 is 19.1 Å². The van der Waals surface area contributed by atoms with Gasteiger partial charge in [0.25, 0.3) is 0 Å². The van der Waals surface area contributed by atoms with Crippen LogP contribution in [-0.2, 0) is 9.47 Å². The largest absolute Gasteiger partial charge is 0.458 e. The second-order valence-electron chi connectivity index (χ2n) is 21.0. The molecule has 66 heavy (non-hydrogen) atoms. The molecular formula is C62H114O4. The van der Waals surface area contributed by atoms with Crippen LogP contribution in [0.4, 0.5) is 0 Å². The fraction of sp³-hybridized carbons (Fsp3) is 0.871. The molecule has 0 heterocycles. The number of rotatable bonds is 50. The van der Waals surface area contributed by atoms with Gasteiger partial charge in [-0.1, -0.05) is 285 Å². The maximum absolute atomic E-state index is 14.6. The summed E-state index contributed by atoms with van der Waals surface area (Å²) in [6, 6.07) is 7.46. The molecule has 0 spiro atoms. The summed E-state index contributed by atoms with van der Waals surface area (Å²) >= 11 is 0. The molecule has 0 aliphatic carbocycles. The normalized spacial score (nSPS) is 12.6. The van der Waals surface area contributed by atoms with E-state index in [1.54, 1.807) is 0 Å². The number of carbonyl (C=O) groups excluding carboxylic acids is 2. The first-order valence-electron chi connectivity index (χ1n) is 30.0. The van der Waals surface area contributed by atoms with E-state index in [9.17, 15) is 9.59 Å². The first-order valence-corrected chi connectivity index (χ1v) is 30.0. The fourth-order valence-electron chi connectivity index (χ4n) is 10.4. The van der Waals surface area contributed by atoms with Gasteiger partial charge in [-0.15, -0.1) is 0 Å². The molecule has 2 atom stereocenters. The van der Waals surface area contributed by atoms with E-state index in [1.165, 1.54) is 231 Å². The molecule has 0 amide bonds. The topological polar surface area (TPSA) is 52.6 Å². The summed E-state index contributed by atoms with van der Waals surface area (Å²) < 4.78 is 13.5. The van der Waals surface area contributed by atoms with Crippen molar-refractivity contribution in [3.63, 3.8) is 0 Å². The fourth-order valence-corrected chi connectivity index (χ4v) is 10.4. The predicted octanol–water partition coefficient (Wildman–Crippen LogP) is 21.3. The monoisotopic (exact) mass is 923 g/mol. The molecule has 1 rings (SSSR count). The Morgan fingerprint density at radius 3 is 0.727 bits per heavy atom. The van der Waals surface area contributed by atoms with Gasteiger partial charge in [-0.05, 0) is 75.3 Å². The van der Waals surface area contributed by atoms with Crippen LogP contribution in [0.5, 0.6) is 0 Å². The molecular weight excluding hydrogens is 809 g/mol. The van der Waals surface area contributed by atoms with Gasteiger partial charge in [-0.3, -0.25) is 0 Å². The van der Waals surface area contributed by atoms with Crippen molar-refractivity contribution in [3.8, 4) is 0 Å². The number of benzene rings is 1. The molecule has 2 unspecified atom stereocenters. The maximum atomic E-state index is 14.6.